The van der Waals surface area contributed by atoms with E-state index in [4.69, 9.17) is 0 Å². The van der Waals surface area contributed by atoms with Crippen LogP contribution in [0.2, 0.25) is 0 Å². The van der Waals surface area contributed by atoms with Gasteiger partial charge in [-0.05, 0) is 146 Å². The molecule has 0 amide bonds. The van der Waals surface area contributed by atoms with Gasteiger partial charge in [-0.1, -0.05) is 177 Å². The number of alkyl halides is 3. The third kappa shape index (κ3) is 53.1. The number of piperidine rings is 2. The summed E-state index contributed by atoms with van der Waals surface area (Å²) in [6.45, 7) is 60.9. The van der Waals surface area contributed by atoms with Crippen molar-refractivity contribution >= 4 is 0 Å². The number of hydrogen-bond donors (Lipinski definition) is 9. The second kappa shape index (κ2) is 54.9. The van der Waals surface area contributed by atoms with E-state index in [0.717, 1.165) is 89.9 Å². The van der Waals surface area contributed by atoms with Crippen molar-refractivity contribution < 1.29 is 18.3 Å². The first-order chi connectivity index (χ1) is 45.5. The fourth-order valence-electron chi connectivity index (χ4n) is 10.1. The molecule has 4 aromatic rings. The van der Waals surface area contributed by atoms with E-state index in [1.54, 1.807) is 6.20 Å². The summed E-state index contributed by atoms with van der Waals surface area (Å²) in [6, 6.07) is 26.9. The van der Waals surface area contributed by atoms with Crippen LogP contribution in [0.1, 0.15) is 189 Å². The van der Waals surface area contributed by atoms with Crippen molar-refractivity contribution in [3.8, 4) is 0 Å². The van der Waals surface area contributed by atoms with E-state index in [1.807, 2.05) is 26.1 Å². The number of hydrogen-bond acceptors (Lipinski definition) is 14. The maximum absolute atomic E-state index is 12.2. The minimum absolute atomic E-state index is 0.0469. The molecule has 4 fully saturated rings. The van der Waals surface area contributed by atoms with Crippen LogP contribution >= 0.6 is 0 Å². The molecule has 4 aliphatic rings. The fraction of sp³-hybridized carbons (Fsp3) is 0.731. The van der Waals surface area contributed by atoms with Gasteiger partial charge in [0.1, 0.15) is 0 Å². The molecule has 2 aromatic carbocycles. The van der Waals surface area contributed by atoms with Gasteiger partial charge in [0.2, 0.25) is 0 Å². The molecule has 6 heterocycles. The monoisotopic (exact) mass is 1350 g/mol. The molecular weight excluding hydrogens is 1210 g/mol. The largest absolute Gasteiger partial charge is 0.417 e. The van der Waals surface area contributed by atoms with Crippen LogP contribution in [-0.2, 0) is 32.4 Å². The third-order valence-corrected chi connectivity index (χ3v) is 16.4. The number of aliphatic hydroxyl groups excluding tert-OH is 1. The van der Waals surface area contributed by atoms with Crippen LogP contribution in [-0.4, -0.2) is 200 Å². The zero-order valence-electron chi connectivity index (χ0n) is 64.3. The molecule has 96 heavy (non-hydrogen) atoms. The summed E-state index contributed by atoms with van der Waals surface area (Å²) in [5, 5.41) is 36.3. The van der Waals surface area contributed by atoms with Crippen molar-refractivity contribution in [2.75, 3.05) is 112 Å². The second-order valence-electron chi connectivity index (χ2n) is 29.1. The van der Waals surface area contributed by atoms with E-state index >= 15 is 0 Å². The quantitative estimate of drug-likeness (QED) is 0.0266. The van der Waals surface area contributed by atoms with Crippen molar-refractivity contribution in [3.05, 3.63) is 125 Å². The van der Waals surface area contributed by atoms with E-state index < -0.39 is 11.7 Å². The van der Waals surface area contributed by atoms with Crippen LogP contribution in [0.3, 0.4) is 0 Å². The average Bonchev–Trinajstić information content (AvgIpc) is 1.86. The first-order valence-corrected chi connectivity index (χ1v) is 37.1. The third-order valence-electron chi connectivity index (χ3n) is 16.4. The zero-order chi connectivity index (χ0) is 71.7. The molecule has 0 radical (unpaired) electrons. The van der Waals surface area contributed by atoms with Gasteiger partial charge in [-0.15, -0.1) is 0 Å². The summed E-state index contributed by atoms with van der Waals surface area (Å²) >= 11 is 0. The highest BCUT2D eigenvalue weighted by Gasteiger charge is 2.31. The minimum atomic E-state index is -4.24. The zero-order valence-corrected chi connectivity index (χ0v) is 64.3. The Morgan fingerprint density at radius 2 is 0.823 bits per heavy atom. The van der Waals surface area contributed by atoms with Crippen molar-refractivity contribution in [2.24, 2.45) is 5.92 Å². The van der Waals surface area contributed by atoms with Crippen molar-refractivity contribution in [2.45, 2.75) is 256 Å². The van der Waals surface area contributed by atoms with Crippen LogP contribution in [0.25, 0.3) is 0 Å². The molecule has 0 unspecified atom stereocenters. The van der Waals surface area contributed by atoms with Gasteiger partial charge in [-0.3, -0.25) is 4.98 Å². The summed E-state index contributed by atoms with van der Waals surface area (Å²) in [5.74, 6) is 0.920. The number of benzene rings is 2. The molecule has 15 nitrogen and oxygen atoms in total. The maximum atomic E-state index is 12.2. The van der Waals surface area contributed by atoms with Crippen LogP contribution < -0.4 is 42.5 Å². The molecule has 0 aliphatic carbocycles. The summed E-state index contributed by atoms with van der Waals surface area (Å²) in [7, 11) is 2.21. The van der Waals surface area contributed by atoms with Crippen LogP contribution in [0.4, 0.5) is 13.2 Å². The Balaban J connectivity index is 0.000000550. The molecule has 8 rings (SSSR count). The van der Waals surface area contributed by atoms with E-state index in [9.17, 15) is 18.3 Å². The summed E-state index contributed by atoms with van der Waals surface area (Å²) in [6.07, 6.45) is 10.8. The lowest BCUT2D eigenvalue weighted by molar-refractivity contribution is -0.137. The van der Waals surface area contributed by atoms with E-state index in [2.05, 4.69) is 240 Å². The Morgan fingerprint density at radius 3 is 1.17 bits per heavy atom. The Hall–Kier alpha value is -3.86. The van der Waals surface area contributed by atoms with Gasteiger partial charge >= 0.3 is 6.18 Å². The number of halogens is 3. The van der Waals surface area contributed by atoms with Gasteiger partial charge in [0.25, 0.3) is 0 Å². The lowest BCUT2D eigenvalue weighted by Crippen LogP contribution is -2.42. The molecule has 0 atom stereocenters. The van der Waals surface area contributed by atoms with Crippen molar-refractivity contribution in [1.82, 2.24) is 71.7 Å². The SMILES string of the molecule is CC(C)NCC1CCN(C)CC1.CC(C)NCCN1CCC(O)CC1.CC(C)NCCN1CCC1.CC(C)NCCN1CCCC1.CC(C)NCCn1ccc(C(F)(F)F)c1.CC(C)NCc1cccnc1.Cc1ccc(CNC(C)C)cc1.Cc1ccc(CNC(C)C)cc1. The number of pyridine rings is 1. The smallest absolute Gasteiger partial charge is 0.393 e. The number of nitrogens with one attached hydrogen (secondary N) is 8. The number of aliphatic hydroxyl groups is 1. The van der Waals surface area contributed by atoms with Gasteiger partial charge in [0.15, 0.2) is 0 Å². The summed E-state index contributed by atoms with van der Waals surface area (Å²) in [4.78, 5) is 13.9. The van der Waals surface area contributed by atoms with Gasteiger partial charge < -0.3 is 71.8 Å². The van der Waals surface area contributed by atoms with Crippen LogP contribution in [0.15, 0.2) is 91.5 Å². The second-order valence-corrected chi connectivity index (χ2v) is 29.1. The van der Waals surface area contributed by atoms with E-state index in [0.29, 0.717) is 61.4 Å². The standard InChI is InChI=1S/2C11H17N.C10H15F3N2.C10H22N2O.C10H22N2.C9H20N2.C9H14N2.C8H18N2/c2*1-9(2)12-8-11-6-4-10(3)5-7-11;1-8(2)14-4-6-15-5-3-9(7-15)10(11,12)13;1-9(2)11-5-8-12-6-3-10(13)4-7-12;1-9(2)11-8-10-4-6-12(3)7-5-10;1-9(2)10-5-8-11-6-3-4-7-11;1-8(2)11-7-9-4-3-5-10-6-9;1-8(2)9-4-7-10-5-3-6-10/h2*4-7,9,12H,8H2,1-3H3;3,5,7-8,14H,4,6H2,1-2H3;9-11,13H,3-8H2,1-2H3;9-11H,4-8H2,1-3H3;9-10H,3-8H2,1-2H3;3-6,8,11H,7H2,1-2H3;8-9H,3-7H2,1-2H3. The number of likely N-dealkylation sites (tertiary alicyclic amines) is 4. The topological polar surface area (TPSA) is 147 Å². The minimum Gasteiger partial charge on any atom is -0.393 e. The van der Waals surface area contributed by atoms with Crippen LogP contribution in [0, 0.1) is 19.8 Å². The molecule has 554 valence electrons. The molecule has 0 spiro atoms. The first-order valence-electron chi connectivity index (χ1n) is 37.1. The number of aryl methyl sites for hydroxylation is 2. The number of aromatic nitrogens is 2. The van der Waals surface area contributed by atoms with Gasteiger partial charge in [0, 0.05) is 158 Å². The lowest BCUT2D eigenvalue weighted by atomic mass is 9.97. The molecule has 0 saturated carbocycles. The lowest BCUT2D eigenvalue weighted by Gasteiger charge is -2.30. The molecule has 2 aromatic heterocycles. The molecule has 9 N–H and O–H groups in total. The van der Waals surface area contributed by atoms with Gasteiger partial charge in [-0.2, -0.15) is 13.2 Å². The van der Waals surface area contributed by atoms with E-state index in [1.165, 1.54) is 130 Å². The maximum Gasteiger partial charge on any atom is 0.417 e. The molecular formula is C78H145F3N14O. The highest BCUT2D eigenvalue weighted by molar-refractivity contribution is 5.22. The molecule has 4 saturated heterocycles. The predicted octanol–water partition coefficient (Wildman–Crippen LogP) is 12.6. The summed E-state index contributed by atoms with van der Waals surface area (Å²) in [5.41, 5.74) is 6.00. The summed E-state index contributed by atoms with van der Waals surface area (Å²) < 4.78 is 38.2. The van der Waals surface area contributed by atoms with E-state index in [-0.39, 0.29) is 6.10 Å². The first kappa shape index (κ1) is 90.2. The van der Waals surface area contributed by atoms with Gasteiger partial charge in [-0.25, -0.2) is 0 Å². The van der Waals surface area contributed by atoms with Crippen LogP contribution in [0.5, 0.6) is 0 Å². The van der Waals surface area contributed by atoms with Crippen molar-refractivity contribution in [3.63, 3.8) is 0 Å². The Morgan fingerprint density at radius 1 is 0.448 bits per heavy atom. The highest BCUT2D eigenvalue weighted by Crippen LogP contribution is 2.29. The average molecular weight is 1350 g/mol. The molecule has 4 aliphatic heterocycles. The normalized spacial score (nSPS) is 15.7. The van der Waals surface area contributed by atoms with Crippen molar-refractivity contribution in [1.29, 1.82) is 0 Å². The predicted molar refractivity (Wildman–Crippen MR) is 406 cm³/mol. The Bertz CT molecular complexity index is 2290. The highest BCUT2D eigenvalue weighted by atomic mass is 19.4. The Labute approximate surface area is 586 Å². The number of nitrogens with zero attached hydrogens (tertiary/aromatic N) is 6. The Kier molecular flexibility index (Phi) is 51.6. The molecule has 18 heteroatoms. The molecule has 0 bridgehead atoms. The van der Waals surface area contributed by atoms with Gasteiger partial charge in [0.05, 0.1) is 11.7 Å². The fourth-order valence-corrected chi connectivity index (χ4v) is 10.1. The number of rotatable bonds is 28.